The SMILES string of the molecule is CCOC(=O)c1c2cccccc-2nc1Nc1cc2cccccc-2n1. The molecular weight excluding hydrogens is 326 g/mol. The Labute approximate surface area is 151 Å². The highest BCUT2D eigenvalue weighted by Gasteiger charge is 2.24. The molecule has 0 bridgehead atoms. The quantitative estimate of drug-likeness (QED) is 0.548. The lowest BCUT2D eigenvalue weighted by molar-refractivity contribution is 0.0528. The Morgan fingerprint density at radius 2 is 1.69 bits per heavy atom. The number of anilines is 2. The molecule has 0 aromatic rings. The fraction of sp³-hybridized carbons (Fsp3) is 0.0952. The Morgan fingerprint density at radius 1 is 0.962 bits per heavy atom. The second-order valence-electron chi connectivity index (χ2n) is 5.78. The number of aromatic nitrogens is 2. The molecule has 0 aromatic carbocycles. The van der Waals surface area contributed by atoms with Crippen molar-refractivity contribution in [2.24, 2.45) is 0 Å². The first-order chi connectivity index (χ1) is 12.8. The molecular formula is C21H17N3O2. The van der Waals surface area contributed by atoms with Gasteiger partial charge in [0.05, 0.1) is 18.0 Å². The zero-order valence-corrected chi connectivity index (χ0v) is 14.3. The van der Waals surface area contributed by atoms with Gasteiger partial charge >= 0.3 is 5.97 Å². The zero-order chi connectivity index (χ0) is 17.9. The minimum atomic E-state index is -0.397. The van der Waals surface area contributed by atoms with Crippen LogP contribution in [0.1, 0.15) is 17.3 Å². The van der Waals surface area contributed by atoms with E-state index in [9.17, 15) is 4.79 Å². The highest BCUT2D eigenvalue weighted by Crippen LogP contribution is 2.34. The summed E-state index contributed by atoms with van der Waals surface area (Å²) in [4.78, 5) is 21.7. The summed E-state index contributed by atoms with van der Waals surface area (Å²) in [5, 5.41) is 3.19. The van der Waals surface area contributed by atoms with Crippen LogP contribution in [0.2, 0.25) is 0 Å². The topological polar surface area (TPSA) is 64.1 Å². The molecule has 0 saturated heterocycles. The van der Waals surface area contributed by atoms with E-state index in [1.807, 2.05) is 66.7 Å². The average Bonchev–Trinajstić information content (AvgIpc) is 2.96. The van der Waals surface area contributed by atoms with E-state index in [4.69, 9.17) is 4.74 Å². The Kier molecular flexibility index (Phi) is 4.19. The van der Waals surface area contributed by atoms with Crippen molar-refractivity contribution in [3.8, 4) is 22.5 Å². The second kappa shape index (κ2) is 6.80. The summed E-state index contributed by atoms with van der Waals surface area (Å²) in [6.45, 7) is 2.09. The second-order valence-corrected chi connectivity index (χ2v) is 5.78. The van der Waals surface area contributed by atoms with Gasteiger partial charge in [0.1, 0.15) is 17.2 Å². The van der Waals surface area contributed by atoms with Crippen molar-refractivity contribution in [1.82, 2.24) is 9.97 Å². The fourth-order valence-corrected chi connectivity index (χ4v) is 2.92. The van der Waals surface area contributed by atoms with E-state index in [1.54, 1.807) is 6.92 Å². The molecule has 26 heavy (non-hydrogen) atoms. The molecule has 2 aliphatic heterocycles. The van der Waals surface area contributed by atoms with E-state index in [0.717, 1.165) is 22.5 Å². The van der Waals surface area contributed by atoms with Gasteiger partial charge in [0, 0.05) is 11.1 Å². The lowest BCUT2D eigenvalue weighted by Gasteiger charge is -2.05. The lowest BCUT2D eigenvalue weighted by Crippen LogP contribution is -2.07. The van der Waals surface area contributed by atoms with Crippen molar-refractivity contribution >= 4 is 17.6 Å². The van der Waals surface area contributed by atoms with Crippen molar-refractivity contribution in [2.75, 3.05) is 11.9 Å². The maximum Gasteiger partial charge on any atom is 0.342 e. The van der Waals surface area contributed by atoms with Crippen molar-refractivity contribution < 1.29 is 9.53 Å². The van der Waals surface area contributed by atoms with Crippen LogP contribution in [0, 0.1) is 0 Å². The van der Waals surface area contributed by atoms with Gasteiger partial charge in [-0.05, 0) is 25.1 Å². The third-order valence-electron chi connectivity index (χ3n) is 4.06. The first-order valence-corrected chi connectivity index (χ1v) is 8.45. The first-order valence-electron chi connectivity index (χ1n) is 8.45. The predicted octanol–water partition coefficient (Wildman–Crippen LogP) is 4.61. The van der Waals surface area contributed by atoms with Crippen LogP contribution in [-0.4, -0.2) is 22.5 Å². The zero-order valence-electron chi connectivity index (χ0n) is 14.3. The number of carbonyl (C=O) groups is 1. The molecule has 0 aromatic heterocycles. The predicted molar refractivity (Wildman–Crippen MR) is 101 cm³/mol. The van der Waals surface area contributed by atoms with E-state index >= 15 is 0 Å². The number of carbonyl (C=O) groups excluding carboxylic acids is 1. The summed E-state index contributed by atoms with van der Waals surface area (Å²) in [7, 11) is 0. The largest absolute Gasteiger partial charge is 0.462 e. The van der Waals surface area contributed by atoms with Gasteiger partial charge < -0.3 is 10.1 Å². The molecule has 2 heterocycles. The number of ether oxygens (including phenoxy) is 1. The van der Waals surface area contributed by atoms with Gasteiger partial charge in [0.2, 0.25) is 0 Å². The van der Waals surface area contributed by atoms with Crippen molar-refractivity contribution in [3.63, 3.8) is 0 Å². The smallest absolute Gasteiger partial charge is 0.342 e. The van der Waals surface area contributed by atoms with Crippen LogP contribution in [0.25, 0.3) is 22.5 Å². The van der Waals surface area contributed by atoms with Gasteiger partial charge in [-0.3, -0.25) is 0 Å². The van der Waals surface area contributed by atoms with Crippen LogP contribution in [0.5, 0.6) is 0 Å². The number of rotatable bonds is 4. The van der Waals surface area contributed by atoms with E-state index in [1.165, 1.54) is 0 Å². The molecule has 4 rings (SSSR count). The Bertz CT molecular complexity index is 985. The molecule has 5 nitrogen and oxygen atoms in total. The van der Waals surface area contributed by atoms with Gasteiger partial charge in [-0.25, -0.2) is 14.8 Å². The number of nitrogens with one attached hydrogen (secondary N) is 1. The van der Waals surface area contributed by atoms with Gasteiger partial charge in [0.25, 0.3) is 0 Å². The van der Waals surface area contributed by atoms with E-state index in [2.05, 4.69) is 15.3 Å². The molecule has 2 aliphatic carbocycles. The van der Waals surface area contributed by atoms with Crippen molar-refractivity contribution in [3.05, 3.63) is 72.3 Å². The molecule has 0 unspecified atom stereocenters. The van der Waals surface area contributed by atoms with Crippen LogP contribution in [-0.2, 0) is 4.74 Å². The van der Waals surface area contributed by atoms with Crippen LogP contribution < -0.4 is 5.32 Å². The Balaban J connectivity index is 1.80. The number of hydrogen-bond acceptors (Lipinski definition) is 5. The highest BCUT2D eigenvalue weighted by atomic mass is 16.5. The molecule has 0 atom stereocenters. The summed E-state index contributed by atoms with van der Waals surface area (Å²) >= 11 is 0. The molecule has 0 saturated carbocycles. The summed E-state index contributed by atoms with van der Waals surface area (Å²) in [5.74, 6) is 0.701. The number of hydrogen-bond donors (Lipinski definition) is 1. The highest BCUT2D eigenvalue weighted by molar-refractivity contribution is 6.03. The average molecular weight is 343 g/mol. The maximum absolute atomic E-state index is 12.5. The molecule has 0 spiro atoms. The number of fused-ring (bicyclic) bond motifs is 2. The van der Waals surface area contributed by atoms with Crippen molar-refractivity contribution in [1.29, 1.82) is 0 Å². The molecule has 128 valence electrons. The third kappa shape index (κ3) is 2.95. The molecule has 5 heteroatoms. The Morgan fingerprint density at radius 3 is 2.50 bits per heavy atom. The maximum atomic E-state index is 12.5. The summed E-state index contributed by atoms with van der Waals surface area (Å²) in [6.07, 6.45) is 0. The number of esters is 1. The minimum absolute atomic E-state index is 0.304. The van der Waals surface area contributed by atoms with Gasteiger partial charge in [-0.2, -0.15) is 0 Å². The van der Waals surface area contributed by atoms with Crippen LogP contribution in [0.3, 0.4) is 0 Å². The minimum Gasteiger partial charge on any atom is -0.462 e. The lowest BCUT2D eigenvalue weighted by atomic mass is 10.1. The summed E-state index contributed by atoms with van der Waals surface area (Å²) in [5.41, 5.74) is 3.78. The summed E-state index contributed by atoms with van der Waals surface area (Å²) < 4.78 is 5.24. The fourth-order valence-electron chi connectivity index (χ4n) is 2.92. The third-order valence-corrected chi connectivity index (χ3v) is 4.06. The molecule has 0 amide bonds. The normalized spacial score (nSPS) is 10.8. The van der Waals surface area contributed by atoms with Gasteiger partial charge in [-0.15, -0.1) is 0 Å². The summed E-state index contributed by atoms with van der Waals surface area (Å²) in [6, 6.07) is 21.2. The molecule has 0 fully saturated rings. The van der Waals surface area contributed by atoms with Crippen molar-refractivity contribution in [2.45, 2.75) is 6.92 Å². The van der Waals surface area contributed by atoms with E-state index in [0.29, 0.717) is 23.8 Å². The van der Waals surface area contributed by atoms with Gasteiger partial charge in [-0.1, -0.05) is 48.5 Å². The Hall–Kier alpha value is -3.47. The molecule has 0 radical (unpaired) electrons. The van der Waals surface area contributed by atoms with Crippen LogP contribution in [0.15, 0.2) is 66.7 Å². The first kappa shape index (κ1) is 16.0. The van der Waals surface area contributed by atoms with Crippen LogP contribution >= 0.6 is 0 Å². The van der Waals surface area contributed by atoms with E-state index in [-0.39, 0.29) is 0 Å². The molecule has 1 N–H and O–H groups in total. The monoisotopic (exact) mass is 343 g/mol. The van der Waals surface area contributed by atoms with Crippen LogP contribution in [0.4, 0.5) is 11.6 Å². The molecule has 4 aliphatic rings. The standard InChI is InChI=1S/C21H17N3O2/c1-2-26-21(25)19-15-10-6-4-8-12-17(15)23-20(19)24-18-13-14-9-5-3-7-11-16(14)22-18/h3-13H,2H2,1H3,(H,22,23,24). The number of nitrogens with zero attached hydrogens (tertiary/aromatic N) is 2. The van der Waals surface area contributed by atoms with Gasteiger partial charge in [0.15, 0.2) is 0 Å². The van der Waals surface area contributed by atoms with E-state index < -0.39 is 5.97 Å².